The zero-order valence-electron chi connectivity index (χ0n) is 17.7. The molecule has 0 aliphatic carbocycles. The summed E-state index contributed by atoms with van der Waals surface area (Å²) in [6.07, 6.45) is 0. The molecule has 4 rings (SSSR count). The predicted molar refractivity (Wildman–Crippen MR) is 120 cm³/mol. The molecular weight excluding hydrogens is 392 g/mol. The van der Waals surface area contributed by atoms with E-state index in [-0.39, 0.29) is 0 Å². The minimum Gasteiger partial charge on any atom is -0.489 e. The summed E-state index contributed by atoms with van der Waals surface area (Å²) >= 11 is 0. The molecule has 31 heavy (non-hydrogen) atoms. The van der Waals surface area contributed by atoms with Crippen LogP contribution >= 0.6 is 0 Å². The van der Waals surface area contributed by atoms with Crippen LogP contribution in [0.2, 0.25) is 0 Å². The van der Waals surface area contributed by atoms with Gasteiger partial charge in [0.15, 0.2) is 0 Å². The SMILES string of the molecule is Cc1cccc(C)c1-c1cccc(COc2ccc(C(C)n3oc(=O)[nH]c3=O)cc2)c1. The average Bonchev–Trinajstić information content (AvgIpc) is 3.10. The third-order valence-electron chi connectivity index (χ3n) is 5.41. The summed E-state index contributed by atoms with van der Waals surface area (Å²) in [5, 5.41) is 0. The zero-order chi connectivity index (χ0) is 22.0. The molecule has 0 amide bonds. The van der Waals surface area contributed by atoms with Crippen LogP contribution in [0.25, 0.3) is 11.1 Å². The molecular formula is C25H24N2O4. The van der Waals surface area contributed by atoms with E-state index in [4.69, 9.17) is 9.26 Å². The fourth-order valence-corrected chi connectivity index (χ4v) is 3.78. The van der Waals surface area contributed by atoms with Crippen LogP contribution in [0.3, 0.4) is 0 Å². The van der Waals surface area contributed by atoms with Gasteiger partial charge in [-0.25, -0.2) is 14.6 Å². The van der Waals surface area contributed by atoms with E-state index in [1.807, 2.05) is 36.4 Å². The fraction of sp³-hybridized carbons (Fsp3) is 0.200. The molecule has 6 heteroatoms. The highest BCUT2D eigenvalue weighted by Crippen LogP contribution is 2.28. The molecule has 1 N–H and O–H groups in total. The lowest BCUT2D eigenvalue weighted by Gasteiger charge is -2.13. The largest absolute Gasteiger partial charge is 0.489 e. The molecule has 0 saturated carbocycles. The second kappa shape index (κ2) is 8.52. The Bertz CT molecular complexity index is 1290. The number of benzene rings is 3. The second-order valence-electron chi connectivity index (χ2n) is 7.64. The summed E-state index contributed by atoms with van der Waals surface area (Å²) in [4.78, 5) is 25.0. The molecule has 0 saturated heterocycles. The van der Waals surface area contributed by atoms with Crippen molar-refractivity contribution >= 4 is 0 Å². The van der Waals surface area contributed by atoms with Crippen molar-refractivity contribution in [1.82, 2.24) is 9.72 Å². The first-order chi connectivity index (χ1) is 14.9. The molecule has 0 aliphatic rings. The predicted octanol–water partition coefficient (Wildman–Crippen LogP) is 4.60. The third kappa shape index (κ3) is 4.38. The van der Waals surface area contributed by atoms with Crippen LogP contribution in [0.5, 0.6) is 5.75 Å². The zero-order valence-corrected chi connectivity index (χ0v) is 17.7. The van der Waals surface area contributed by atoms with E-state index in [0.717, 1.165) is 21.6 Å². The molecule has 6 nitrogen and oxygen atoms in total. The number of nitrogens with zero attached hydrogens (tertiary/aromatic N) is 1. The van der Waals surface area contributed by atoms with Crippen LogP contribution in [-0.4, -0.2) is 9.72 Å². The lowest BCUT2D eigenvalue weighted by molar-refractivity contribution is 0.225. The van der Waals surface area contributed by atoms with Crippen LogP contribution in [0.15, 0.2) is 80.8 Å². The summed E-state index contributed by atoms with van der Waals surface area (Å²) in [5.74, 6) is -0.0452. The first kappa shape index (κ1) is 20.5. The monoisotopic (exact) mass is 416 g/mol. The number of ether oxygens (including phenoxy) is 1. The summed E-state index contributed by atoms with van der Waals surface area (Å²) in [6, 6.07) is 21.7. The normalized spacial score (nSPS) is 12.0. The average molecular weight is 416 g/mol. The Kier molecular flexibility index (Phi) is 5.62. The van der Waals surface area contributed by atoms with Gasteiger partial charge in [0.2, 0.25) is 0 Å². The number of nitrogens with one attached hydrogen (secondary N) is 1. The first-order valence-corrected chi connectivity index (χ1v) is 10.1. The quantitative estimate of drug-likeness (QED) is 0.498. The Morgan fingerprint density at radius 3 is 2.29 bits per heavy atom. The summed E-state index contributed by atoms with van der Waals surface area (Å²) < 4.78 is 11.9. The molecule has 4 aromatic rings. The smallest absolute Gasteiger partial charge is 0.440 e. The Balaban J connectivity index is 1.47. The number of aromatic nitrogens is 2. The number of H-pyrrole nitrogens is 1. The third-order valence-corrected chi connectivity index (χ3v) is 5.41. The second-order valence-corrected chi connectivity index (χ2v) is 7.64. The van der Waals surface area contributed by atoms with E-state index >= 15 is 0 Å². The van der Waals surface area contributed by atoms with E-state index in [9.17, 15) is 9.59 Å². The maximum atomic E-state index is 11.7. The number of hydrogen-bond acceptors (Lipinski definition) is 4. The Labute approximate surface area is 179 Å². The van der Waals surface area contributed by atoms with Gasteiger partial charge in [-0.05, 0) is 72.4 Å². The van der Waals surface area contributed by atoms with Crippen molar-refractivity contribution in [3.63, 3.8) is 0 Å². The van der Waals surface area contributed by atoms with Crippen molar-refractivity contribution in [2.75, 3.05) is 0 Å². The van der Waals surface area contributed by atoms with Crippen LogP contribution in [0.1, 0.15) is 35.2 Å². The molecule has 0 bridgehead atoms. The standard InChI is InChI=1S/C25H24N2O4/c1-16-6-4-7-17(2)23(16)21-9-5-8-19(14-21)15-30-22-12-10-20(11-13-22)18(3)27-24(28)26-25(29)31-27/h4-14,18H,15H2,1-3H3,(H,26,28,29). The lowest BCUT2D eigenvalue weighted by Crippen LogP contribution is -2.20. The molecule has 0 fully saturated rings. The van der Waals surface area contributed by atoms with E-state index < -0.39 is 17.5 Å². The van der Waals surface area contributed by atoms with Crippen molar-refractivity contribution < 1.29 is 9.26 Å². The van der Waals surface area contributed by atoms with Gasteiger partial charge in [0.25, 0.3) is 0 Å². The Morgan fingerprint density at radius 1 is 0.968 bits per heavy atom. The van der Waals surface area contributed by atoms with Crippen molar-refractivity contribution in [2.45, 2.75) is 33.4 Å². The van der Waals surface area contributed by atoms with E-state index in [0.29, 0.717) is 6.61 Å². The van der Waals surface area contributed by atoms with Gasteiger partial charge in [-0.3, -0.25) is 0 Å². The fourth-order valence-electron chi connectivity index (χ4n) is 3.78. The van der Waals surface area contributed by atoms with Crippen molar-refractivity contribution in [2.24, 2.45) is 0 Å². The first-order valence-electron chi connectivity index (χ1n) is 10.1. The molecule has 0 spiro atoms. The van der Waals surface area contributed by atoms with Crippen molar-refractivity contribution in [3.8, 4) is 16.9 Å². The van der Waals surface area contributed by atoms with Gasteiger partial charge in [0, 0.05) is 0 Å². The van der Waals surface area contributed by atoms with Crippen LogP contribution in [-0.2, 0) is 6.61 Å². The van der Waals surface area contributed by atoms with E-state index in [1.165, 1.54) is 22.3 Å². The van der Waals surface area contributed by atoms with Gasteiger partial charge in [0.1, 0.15) is 12.4 Å². The molecule has 3 aromatic carbocycles. The Morgan fingerprint density at radius 2 is 1.65 bits per heavy atom. The number of rotatable bonds is 6. The van der Waals surface area contributed by atoms with Gasteiger partial charge in [0.05, 0.1) is 6.04 Å². The van der Waals surface area contributed by atoms with Gasteiger partial charge < -0.3 is 9.26 Å². The number of aromatic amines is 1. The number of aryl methyl sites for hydroxylation is 2. The molecule has 1 aromatic heterocycles. The molecule has 158 valence electrons. The summed E-state index contributed by atoms with van der Waals surface area (Å²) in [7, 11) is 0. The minimum absolute atomic E-state index is 0.408. The van der Waals surface area contributed by atoms with E-state index in [2.05, 4.69) is 49.2 Å². The highest BCUT2D eigenvalue weighted by Gasteiger charge is 2.14. The van der Waals surface area contributed by atoms with Gasteiger partial charge in [-0.1, -0.05) is 48.5 Å². The van der Waals surface area contributed by atoms with Crippen molar-refractivity contribution in [3.05, 3.63) is 110 Å². The maximum absolute atomic E-state index is 11.7. The molecule has 1 heterocycles. The molecule has 1 unspecified atom stereocenters. The van der Waals surface area contributed by atoms with Crippen molar-refractivity contribution in [1.29, 1.82) is 0 Å². The highest BCUT2D eigenvalue weighted by atomic mass is 16.5. The topological polar surface area (TPSA) is 77.2 Å². The maximum Gasteiger partial charge on any atom is 0.440 e. The highest BCUT2D eigenvalue weighted by molar-refractivity contribution is 5.71. The summed E-state index contributed by atoms with van der Waals surface area (Å²) in [5.41, 5.74) is 6.28. The van der Waals surface area contributed by atoms with Gasteiger partial charge in [-0.15, -0.1) is 4.74 Å². The molecule has 0 radical (unpaired) electrons. The minimum atomic E-state index is -0.764. The molecule has 0 aliphatic heterocycles. The van der Waals surface area contributed by atoms with E-state index in [1.54, 1.807) is 6.92 Å². The summed E-state index contributed by atoms with van der Waals surface area (Å²) in [6.45, 7) is 6.48. The molecule has 1 atom stereocenters. The Hall–Kier alpha value is -3.80. The van der Waals surface area contributed by atoms with Crippen LogP contribution in [0, 0.1) is 13.8 Å². The van der Waals surface area contributed by atoms with Crippen LogP contribution < -0.4 is 16.2 Å². The van der Waals surface area contributed by atoms with Crippen LogP contribution in [0.4, 0.5) is 0 Å². The van der Waals surface area contributed by atoms with Gasteiger partial charge >= 0.3 is 11.4 Å². The van der Waals surface area contributed by atoms with Gasteiger partial charge in [-0.2, -0.15) is 0 Å². The number of hydrogen-bond donors (Lipinski definition) is 1. The lowest BCUT2D eigenvalue weighted by atomic mass is 9.95.